The van der Waals surface area contributed by atoms with Gasteiger partial charge in [0.2, 0.25) is 0 Å². The number of fused-ring (bicyclic) bond motifs is 1. The number of ketones is 1. The lowest BCUT2D eigenvalue weighted by atomic mass is 9.73. The van der Waals surface area contributed by atoms with Crippen molar-refractivity contribution in [1.82, 2.24) is 0 Å². The van der Waals surface area contributed by atoms with Crippen LogP contribution >= 0.6 is 0 Å². The van der Waals surface area contributed by atoms with Gasteiger partial charge >= 0.3 is 6.03 Å². The number of nitrogens with zero attached hydrogens (tertiary/aromatic N) is 1. The van der Waals surface area contributed by atoms with Crippen LogP contribution in [0.5, 0.6) is 5.75 Å². The van der Waals surface area contributed by atoms with E-state index in [0.717, 1.165) is 28.2 Å². The SMILES string of the molecule is COc1ccc([C@@H]2C3=C(CC(C)(C)CC3=O)Nc3ccccc3N2C(=O)Nc2ccccc2C)cc1. The molecule has 0 radical (unpaired) electrons. The normalized spacial score (nSPS) is 18.5. The highest BCUT2D eigenvalue weighted by Crippen LogP contribution is 2.48. The number of hydrogen-bond acceptors (Lipinski definition) is 4. The molecule has 0 bridgehead atoms. The zero-order valence-corrected chi connectivity index (χ0v) is 21.1. The van der Waals surface area contributed by atoms with E-state index in [1.54, 1.807) is 12.0 Å². The lowest BCUT2D eigenvalue weighted by molar-refractivity contribution is -0.118. The minimum Gasteiger partial charge on any atom is -0.497 e. The standard InChI is InChI=1S/C30H31N3O3/c1-19-9-5-6-10-22(19)32-29(35)33-25-12-8-7-11-23(25)31-24-17-30(2,3)18-26(34)27(24)28(33)20-13-15-21(36-4)16-14-20/h5-16,28,31H,17-18H2,1-4H3,(H,32,35)/t28-/m1/s1. The molecule has 6 heteroatoms. The van der Waals surface area contributed by atoms with Crippen molar-refractivity contribution in [2.24, 2.45) is 5.41 Å². The van der Waals surface area contributed by atoms with Gasteiger partial charge in [0.25, 0.3) is 0 Å². The van der Waals surface area contributed by atoms with Crippen molar-refractivity contribution in [3.05, 3.63) is 95.2 Å². The average molecular weight is 482 g/mol. The van der Waals surface area contributed by atoms with Crippen molar-refractivity contribution in [2.45, 2.75) is 39.7 Å². The van der Waals surface area contributed by atoms with Crippen molar-refractivity contribution >= 4 is 28.9 Å². The van der Waals surface area contributed by atoms with Gasteiger partial charge in [-0.05, 0) is 60.2 Å². The van der Waals surface area contributed by atoms with Crippen molar-refractivity contribution in [1.29, 1.82) is 0 Å². The summed E-state index contributed by atoms with van der Waals surface area (Å²) < 4.78 is 5.37. The van der Waals surface area contributed by atoms with Crippen molar-refractivity contribution in [2.75, 3.05) is 22.6 Å². The molecule has 2 amide bonds. The summed E-state index contributed by atoms with van der Waals surface area (Å²) in [6, 6.07) is 22.1. The van der Waals surface area contributed by atoms with E-state index in [1.807, 2.05) is 79.7 Å². The van der Waals surface area contributed by atoms with E-state index in [-0.39, 0.29) is 17.2 Å². The van der Waals surface area contributed by atoms with E-state index in [9.17, 15) is 9.59 Å². The van der Waals surface area contributed by atoms with E-state index in [2.05, 4.69) is 24.5 Å². The van der Waals surface area contributed by atoms with Gasteiger partial charge in [-0.15, -0.1) is 0 Å². The minimum atomic E-state index is -0.602. The van der Waals surface area contributed by atoms with Gasteiger partial charge in [-0.25, -0.2) is 4.79 Å². The highest BCUT2D eigenvalue weighted by molar-refractivity contribution is 6.09. The Bertz CT molecular complexity index is 1360. The van der Waals surface area contributed by atoms with E-state index in [4.69, 9.17) is 4.74 Å². The molecule has 1 atom stereocenters. The first kappa shape index (κ1) is 23.7. The average Bonchev–Trinajstić information content (AvgIpc) is 2.99. The number of amides is 2. The van der Waals surface area contributed by atoms with Gasteiger partial charge in [0.05, 0.1) is 24.5 Å². The Balaban J connectivity index is 1.72. The number of benzene rings is 3. The third-order valence-electron chi connectivity index (χ3n) is 6.94. The third kappa shape index (κ3) is 4.35. The molecule has 0 saturated carbocycles. The number of urea groups is 1. The Hall–Kier alpha value is -4.06. The maximum atomic E-state index is 14.1. The van der Waals surface area contributed by atoms with Gasteiger partial charge in [0, 0.05) is 23.4 Å². The number of anilines is 3. The first-order valence-electron chi connectivity index (χ1n) is 12.2. The molecule has 3 aromatic rings. The number of Topliss-reactive ketones (excluding diaryl/α,β-unsaturated/α-hetero) is 1. The number of carbonyl (C=O) groups is 2. The fraction of sp³-hybridized carbons (Fsp3) is 0.267. The molecule has 1 aliphatic carbocycles. The van der Waals surface area contributed by atoms with Gasteiger partial charge in [-0.1, -0.05) is 56.3 Å². The molecule has 2 aliphatic rings. The van der Waals surface area contributed by atoms with Crippen LogP contribution in [0.15, 0.2) is 84.1 Å². The van der Waals surface area contributed by atoms with Gasteiger partial charge in [-0.3, -0.25) is 9.69 Å². The Morgan fingerprint density at radius 1 is 1.00 bits per heavy atom. The first-order chi connectivity index (χ1) is 17.3. The number of allylic oxidation sites excluding steroid dienone is 1. The Kier molecular flexibility index (Phi) is 6.04. The number of nitrogens with one attached hydrogen (secondary N) is 2. The van der Waals surface area contributed by atoms with Gasteiger partial charge in [-0.2, -0.15) is 0 Å². The molecule has 36 heavy (non-hydrogen) atoms. The predicted molar refractivity (Wildman–Crippen MR) is 144 cm³/mol. The summed E-state index contributed by atoms with van der Waals surface area (Å²) in [5.74, 6) is 0.767. The van der Waals surface area contributed by atoms with Crippen molar-refractivity contribution in [3.8, 4) is 5.75 Å². The van der Waals surface area contributed by atoms with E-state index in [1.165, 1.54) is 0 Å². The van der Waals surface area contributed by atoms with Gasteiger partial charge in [0.1, 0.15) is 5.75 Å². The third-order valence-corrected chi connectivity index (χ3v) is 6.94. The number of hydrogen-bond donors (Lipinski definition) is 2. The zero-order valence-electron chi connectivity index (χ0n) is 21.1. The fourth-order valence-electron chi connectivity index (χ4n) is 5.20. The molecular formula is C30H31N3O3. The lowest BCUT2D eigenvalue weighted by Gasteiger charge is -2.37. The molecule has 0 aromatic heterocycles. The van der Waals surface area contributed by atoms with Crippen LogP contribution in [-0.2, 0) is 4.79 Å². The molecule has 0 unspecified atom stereocenters. The van der Waals surface area contributed by atoms with Crippen LogP contribution in [0.25, 0.3) is 0 Å². The maximum Gasteiger partial charge on any atom is 0.327 e. The van der Waals surface area contributed by atoms with Crippen LogP contribution in [0, 0.1) is 12.3 Å². The van der Waals surface area contributed by atoms with Gasteiger partial charge < -0.3 is 15.4 Å². The van der Waals surface area contributed by atoms with E-state index < -0.39 is 6.04 Å². The largest absolute Gasteiger partial charge is 0.497 e. The number of rotatable bonds is 3. The van der Waals surface area contributed by atoms with Crippen LogP contribution in [0.2, 0.25) is 0 Å². The molecule has 0 saturated heterocycles. The predicted octanol–water partition coefficient (Wildman–Crippen LogP) is 6.85. The summed E-state index contributed by atoms with van der Waals surface area (Å²) in [5, 5.41) is 6.64. The second kappa shape index (κ2) is 9.19. The van der Waals surface area contributed by atoms with Crippen LogP contribution in [0.1, 0.15) is 43.9 Å². The number of ether oxygens (including phenoxy) is 1. The fourth-order valence-corrected chi connectivity index (χ4v) is 5.20. The smallest absolute Gasteiger partial charge is 0.327 e. The first-order valence-corrected chi connectivity index (χ1v) is 12.2. The van der Waals surface area contributed by atoms with Gasteiger partial charge in [0.15, 0.2) is 5.78 Å². The maximum absolute atomic E-state index is 14.1. The number of carbonyl (C=O) groups excluding carboxylic acids is 2. The molecule has 1 heterocycles. The Labute approximate surface area is 212 Å². The molecule has 6 nitrogen and oxygen atoms in total. The van der Waals surface area contributed by atoms with Crippen molar-refractivity contribution < 1.29 is 14.3 Å². The quantitative estimate of drug-likeness (QED) is 0.429. The number of aryl methyl sites for hydroxylation is 1. The second-order valence-corrected chi connectivity index (χ2v) is 10.3. The summed E-state index contributed by atoms with van der Waals surface area (Å²) in [7, 11) is 1.62. The summed E-state index contributed by atoms with van der Waals surface area (Å²) in [5.41, 5.74) is 5.37. The lowest BCUT2D eigenvalue weighted by Crippen LogP contribution is -2.41. The monoisotopic (exact) mass is 481 g/mol. The van der Waals surface area contributed by atoms with Crippen LogP contribution in [0.3, 0.4) is 0 Å². The second-order valence-electron chi connectivity index (χ2n) is 10.3. The summed E-state index contributed by atoms with van der Waals surface area (Å²) in [6.07, 6.45) is 1.13. The highest BCUT2D eigenvalue weighted by atomic mass is 16.5. The Morgan fingerprint density at radius 3 is 2.42 bits per heavy atom. The molecule has 0 spiro atoms. The molecule has 5 rings (SSSR count). The number of methoxy groups -OCH3 is 1. The summed E-state index contributed by atoms with van der Waals surface area (Å²) >= 11 is 0. The summed E-state index contributed by atoms with van der Waals surface area (Å²) in [6.45, 7) is 6.18. The van der Waals surface area contributed by atoms with E-state index >= 15 is 0 Å². The topological polar surface area (TPSA) is 70.7 Å². The molecule has 2 N–H and O–H groups in total. The summed E-state index contributed by atoms with van der Waals surface area (Å²) in [4.78, 5) is 29.6. The molecule has 184 valence electrons. The molecule has 0 fully saturated rings. The Morgan fingerprint density at radius 2 is 1.69 bits per heavy atom. The molecule has 3 aromatic carbocycles. The zero-order chi connectivity index (χ0) is 25.4. The minimum absolute atomic E-state index is 0.0519. The molecule has 1 aliphatic heterocycles. The van der Waals surface area contributed by atoms with Crippen molar-refractivity contribution in [3.63, 3.8) is 0 Å². The van der Waals surface area contributed by atoms with E-state index in [0.29, 0.717) is 29.9 Å². The highest BCUT2D eigenvalue weighted by Gasteiger charge is 2.43. The molecular weight excluding hydrogens is 450 g/mol. The number of para-hydroxylation sites is 3. The van der Waals surface area contributed by atoms with Crippen LogP contribution < -0.4 is 20.3 Å². The van der Waals surface area contributed by atoms with Crippen LogP contribution in [-0.4, -0.2) is 18.9 Å². The van der Waals surface area contributed by atoms with Crippen LogP contribution in [0.4, 0.5) is 21.9 Å².